The number of rotatable bonds is 9. The molecule has 2 amide bonds. The molecule has 2 aromatic carbocycles. The van der Waals surface area contributed by atoms with E-state index in [0.717, 1.165) is 17.9 Å². The standard InChI is InChI=1S/C25H23NO5S/c1-3-14-30-18-12-10-17(11-13-18)22-23(32-16-19-7-6-15-31-19)25(28)26(24(22)27)20-8-4-5-9-21(20)29-2/h4-13,15H,3,14,16H2,1-2H3. The van der Waals surface area contributed by atoms with E-state index in [1.807, 2.05) is 37.3 Å². The first kappa shape index (κ1) is 21.8. The highest BCUT2D eigenvalue weighted by Crippen LogP contribution is 2.42. The van der Waals surface area contributed by atoms with E-state index in [-0.39, 0.29) is 11.8 Å². The van der Waals surface area contributed by atoms with Crippen LogP contribution in [0.15, 0.2) is 76.2 Å². The number of carbonyl (C=O) groups is 2. The molecule has 0 atom stereocenters. The average Bonchev–Trinajstić information content (AvgIpc) is 3.42. The lowest BCUT2D eigenvalue weighted by Crippen LogP contribution is -2.31. The van der Waals surface area contributed by atoms with Crippen molar-refractivity contribution in [2.75, 3.05) is 18.6 Å². The first-order valence-corrected chi connectivity index (χ1v) is 11.3. The van der Waals surface area contributed by atoms with Crippen LogP contribution in [0.1, 0.15) is 24.7 Å². The van der Waals surface area contributed by atoms with Crippen LogP contribution in [0.3, 0.4) is 0 Å². The molecule has 0 bridgehead atoms. The summed E-state index contributed by atoms with van der Waals surface area (Å²) in [5.74, 6) is 1.57. The maximum Gasteiger partial charge on any atom is 0.272 e. The molecular weight excluding hydrogens is 426 g/mol. The summed E-state index contributed by atoms with van der Waals surface area (Å²) in [6.45, 7) is 2.65. The molecule has 4 rings (SSSR count). The van der Waals surface area contributed by atoms with E-state index in [0.29, 0.717) is 39.8 Å². The van der Waals surface area contributed by atoms with Crippen molar-refractivity contribution in [3.8, 4) is 11.5 Å². The monoisotopic (exact) mass is 449 g/mol. The van der Waals surface area contributed by atoms with Gasteiger partial charge in [-0.15, -0.1) is 11.8 Å². The number of anilines is 1. The predicted octanol–water partition coefficient (Wildman–Crippen LogP) is 5.29. The summed E-state index contributed by atoms with van der Waals surface area (Å²) in [4.78, 5) is 28.5. The molecule has 0 spiro atoms. The number of hydrogen-bond donors (Lipinski definition) is 0. The second kappa shape index (κ2) is 9.78. The SMILES string of the molecule is CCCOc1ccc(C2=C(SCc3ccco3)C(=O)N(c3ccccc3OC)C2=O)cc1. The average molecular weight is 450 g/mol. The van der Waals surface area contributed by atoms with Gasteiger partial charge >= 0.3 is 0 Å². The molecule has 1 aliphatic rings. The summed E-state index contributed by atoms with van der Waals surface area (Å²) in [5, 5.41) is 0. The van der Waals surface area contributed by atoms with Crippen LogP contribution < -0.4 is 14.4 Å². The van der Waals surface area contributed by atoms with Crippen LogP contribution >= 0.6 is 11.8 Å². The molecule has 3 aromatic rings. The van der Waals surface area contributed by atoms with Crippen molar-refractivity contribution in [3.63, 3.8) is 0 Å². The summed E-state index contributed by atoms with van der Waals surface area (Å²) in [7, 11) is 1.51. The van der Waals surface area contributed by atoms with Crippen LogP contribution in [0.2, 0.25) is 0 Å². The Balaban J connectivity index is 1.72. The van der Waals surface area contributed by atoms with Crippen molar-refractivity contribution < 1.29 is 23.5 Å². The number of ether oxygens (including phenoxy) is 2. The van der Waals surface area contributed by atoms with E-state index in [9.17, 15) is 9.59 Å². The third-order valence-electron chi connectivity index (χ3n) is 4.92. The molecule has 1 aromatic heterocycles. The lowest BCUT2D eigenvalue weighted by atomic mass is 10.1. The lowest BCUT2D eigenvalue weighted by molar-refractivity contribution is -0.119. The fraction of sp³-hybridized carbons (Fsp3) is 0.200. The zero-order valence-corrected chi connectivity index (χ0v) is 18.7. The number of amides is 2. The molecule has 0 radical (unpaired) electrons. The maximum atomic E-state index is 13.5. The molecule has 164 valence electrons. The Bertz CT molecular complexity index is 1140. The van der Waals surface area contributed by atoms with Crippen LogP contribution in [-0.2, 0) is 15.3 Å². The first-order valence-electron chi connectivity index (χ1n) is 10.3. The largest absolute Gasteiger partial charge is 0.495 e. The van der Waals surface area contributed by atoms with Gasteiger partial charge in [-0.1, -0.05) is 31.2 Å². The number of furan rings is 1. The lowest BCUT2D eigenvalue weighted by Gasteiger charge is -2.18. The molecule has 32 heavy (non-hydrogen) atoms. The summed E-state index contributed by atoms with van der Waals surface area (Å²) in [5.41, 5.74) is 1.44. The highest BCUT2D eigenvalue weighted by Gasteiger charge is 2.41. The van der Waals surface area contributed by atoms with Gasteiger partial charge in [0.1, 0.15) is 17.3 Å². The van der Waals surface area contributed by atoms with Crippen LogP contribution in [0.4, 0.5) is 5.69 Å². The maximum absolute atomic E-state index is 13.5. The van der Waals surface area contributed by atoms with Gasteiger partial charge in [0.05, 0.1) is 41.9 Å². The quantitative estimate of drug-likeness (QED) is 0.413. The van der Waals surface area contributed by atoms with E-state index < -0.39 is 0 Å². The molecule has 0 unspecified atom stereocenters. The van der Waals surface area contributed by atoms with Crippen LogP contribution in [0.25, 0.3) is 5.57 Å². The number of nitrogens with zero attached hydrogens (tertiary/aromatic N) is 1. The molecule has 0 saturated heterocycles. The number of carbonyl (C=O) groups excluding carboxylic acids is 2. The third-order valence-corrected chi connectivity index (χ3v) is 6.02. The van der Waals surface area contributed by atoms with Crippen molar-refractivity contribution in [1.82, 2.24) is 0 Å². The van der Waals surface area contributed by atoms with Gasteiger partial charge in [0.2, 0.25) is 0 Å². The molecule has 0 saturated carbocycles. The van der Waals surface area contributed by atoms with Crippen LogP contribution in [0.5, 0.6) is 11.5 Å². The minimum Gasteiger partial charge on any atom is -0.495 e. The van der Waals surface area contributed by atoms with Gasteiger partial charge in [0, 0.05) is 0 Å². The highest BCUT2D eigenvalue weighted by molar-refractivity contribution is 8.03. The number of para-hydroxylation sites is 2. The molecule has 0 fully saturated rings. The second-order valence-electron chi connectivity index (χ2n) is 7.06. The second-order valence-corrected chi connectivity index (χ2v) is 8.05. The molecule has 1 aliphatic heterocycles. The minimum atomic E-state index is -0.385. The highest BCUT2D eigenvalue weighted by atomic mass is 32.2. The normalized spacial score (nSPS) is 13.8. The Morgan fingerprint density at radius 2 is 1.75 bits per heavy atom. The predicted molar refractivity (Wildman–Crippen MR) is 125 cm³/mol. The van der Waals surface area contributed by atoms with Crippen molar-refractivity contribution >= 4 is 34.8 Å². The number of methoxy groups -OCH3 is 1. The van der Waals surface area contributed by atoms with Crippen LogP contribution in [0, 0.1) is 0 Å². The fourth-order valence-electron chi connectivity index (χ4n) is 3.41. The van der Waals surface area contributed by atoms with E-state index in [1.54, 1.807) is 36.6 Å². The molecule has 0 N–H and O–H groups in total. The van der Waals surface area contributed by atoms with Gasteiger partial charge in [-0.25, -0.2) is 4.90 Å². The number of benzene rings is 2. The molecule has 7 heteroatoms. The smallest absolute Gasteiger partial charge is 0.272 e. The number of imide groups is 1. The van der Waals surface area contributed by atoms with Crippen molar-refractivity contribution in [2.45, 2.75) is 19.1 Å². The van der Waals surface area contributed by atoms with E-state index >= 15 is 0 Å². The summed E-state index contributed by atoms with van der Waals surface area (Å²) >= 11 is 1.29. The zero-order chi connectivity index (χ0) is 22.5. The fourth-order valence-corrected chi connectivity index (χ4v) is 4.42. The van der Waals surface area contributed by atoms with Crippen LogP contribution in [-0.4, -0.2) is 25.5 Å². The first-order chi connectivity index (χ1) is 15.6. The number of hydrogen-bond acceptors (Lipinski definition) is 6. The Morgan fingerprint density at radius 3 is 2.44 bits per heavy atom. The third kappa shape index (κ3) is 4.29. The van der Waals surface area contributed by atoms with E-state index in [4.69, 9.17) is 13.9 Å². The van der Waals surface area contributed by atoms with Crippen molar-refractivity contribution in [2.24, 2.45) is 0 Å². The van der Waals surface area contributed by atoms with Crippen molar-refractivity contribution in [1.29, 1.82) is 0 Å². The Kier molecular flexibility index (Phi) is 6.66. The van der Waals surface area contributed by atoms with E-state index in [1.165, 1.54) is 23.8 Å². The summed E-state index contributed by atoms with van der Waals surface area (Å²) in [6.07, 6.45) is 2.49. The molecule has 2 heterocycles. The Hall–Kier alpha value is -3.45. The van der Waals surface area contributed by atoms with Crippen molar-refractivity contribution in [3.05, 3.63) is 83.2 Å². The molecule has 6 nitrogen and oxygen atoms in total. The topological polar surface area (TPSA) is 69.0 Å². The minimum absolute atomic E-state index is 0.361. The van der Waals surface area contributed by atoms with E-state index in [2.05, 4.69) is 0 Å². The van der Waals surface area contributed by atoms with Gasteiger partial charge in [-0.2, -0.15) is 0 Å². The molecule has 0 aliphatic carbocycles. The van der Waals surface area contributed by atoms with Gasteiger partial charge in [0.25, 0.3) is 11.8 Å². The Morgan fingerprint density at radius 1 is 0.969 bits per heavy atom. The van der Waals surface area contributed by atoms with Gasteiger partial charge in [0.15, 0.2) is 0 Å². The van der Waals surface area contributed by atoms with Gasteiger partial charge in [-0.05, 0) is 48.4 Å². The molecular formula is C25H23NO5S. The van der Waals surface area contributed by atoms with Gasteiger partial charge in [-0.3, -0.25) is 9.59 Å². The zero-order valence-electron chi connectivity index (χ0n) is 17.9. The number of thioether (sulfide) groups is 1. The summed E-state index contributed by atoms with van der Waals surface area (Å²) < 4.78 is 16.5. The Labute approximate surface area is 190 Å². The summed E-state index contributed by atoms with van der Waals surface area (Å²) in [6, 6.07) is 17.9. The van der Waals surface area contributed by atoms with Gasteiger partial charge < -0.3 is 13.9 Å².